The van der Waals surface area contributed by atoms with Gasteiger partial charge in [0.15, 0.2) is 0 Å². The minimum atomic E-state index is -0.545. The number of nitrogens with one attached hydrogen (secondary N) is 2. The Morgan fingerprint density at radius 3 is 2.70 bits per heavy atom. The van der Waals surface area contributed by atoms with Gasteiger partial charge in [0.05, 0.1) is 11.7 Å². The second-order valence-electron chi connectivity index (χ2n) is 7.81. The number of aryl methyl sites for hydroxylation is 2. The Balaban J connectivity index is 1.55. The van der Waals surface area contributed by atoms with E-state index in [0.29, 0.717) is 10.2 Å². The van der Waals surface area contributed by atoms with E-state index < -0.39 is 11.9 Å². The molecule has 156 valence electrons. The molecule has 0 radical (unpaired) electrons. The number of urea groups is 1. The first-order valence-electron chi connectivity index (χ1n) is 10.1. The molecule has 0 spiro atoms. The quantitative estimate of drug-likeness (QED) is 0.670. The van der Waals surface area contributed by atoms with Gasteiger partial charge < -0.3 is 5.32 Å². The molecule has 3 amide bonds. The summed E-state index contributed by atoms with van der Waals surface area (Å²) in [5, 5.41) is 7.53. The number of imide groups is 1. The number of thiophene rings is 1. The fraction of sp³-hybridized carbons (Fsp3) is 0.364. The highest BCUT2D eigenvalue weighted by Gasteiger charge is 2.19. The average Bonchev–Trinajstić information content (AvgIpc) is 3.36. The lowest BCUT2D eigenvalue weighted by Crippen LogP contribution is -2.45. The molecule has 2 aromatic heterocycles. The molecule has 3 aromatic rings. The lowest BCUT2D eigenvalue weighted by molar-refractivity contribution is -0.120. The molecule has 7 nitrogen and oxygen atoms in total. The number of fused-ring (bicyclic) bond motifs is 1. The van der Waals surface area contributed by atoms with Gasteiger partial charge in [-0.15, -0.1) is 11.3 Å². The van der Waals surface area contributed by atoms with Crippen molar-refractivity contribution < 1.29 is 9.59 Å². The number of carbonyl (C=O) groups is 2. The summed E-state index contributed by atoms with van der Waals surface area (Å²) >= 11 is 1.40. The molecule has 1 aliphatic rings. The SMILES string of the molecule is Cc1ccc(-c2csc3ncn(CC(=O)NC(=O)NC4CCCC4)c(=O)c23)cc1C. The minimum absolute atomic E-state index is 0.116. The zero-order chi connectivity index (χ0) is 21.3. The Hall–Kier alpha value is -3.00. The van der Waals surface area contributed by atoms with Crippen molar-refractivity contribution >= 4 is 33.5 Å². The average molecular weight is 425 g/mol. The van der Waals surface area contributed by atoms with Gasteiger partial charge in [-0.3, -0.25) is 19.5 Å². The molecular weight excluding hydrogens is 400 g/mol. The standard InChI is InChI=1S/C22H24N4O3S/c1-13-7-8-15(9-14(13)2)17-11-30-20-19(17)21(28)26(12-23-20)10-18(27)25-22(29)24-16-5-3-4-6-16/h7-9,11-12,16H,3-6,10H2,1-2H3,(H2,24,25,27,29). The van der Waals surface area contributed by atoms with Gasteiger partial charge in [-0.2, -0.15) is 0 Å². The van der Waals surface area contributed by atoms with Crippen LogP contribution in [0.4, 0.5) is 4.79 Å². The maximum atomic E-state index is 13.1. The number of nitrogens with zero attached hydrogens (tertiary/aromatic N) is 2. The molecule has 0 unspecified atom stereocenters. The summed E-state index contributed by atoms with van der Waals surface area (Å²) in [6.07, 6.45) is 5.40. The van der Waals surface area contributed by atoms with Crippen LogP contribution in [-0.4, -0.2) is 27.5 Å². The smallest absolute Gasteiger partial charge is 0.321 e. The first kappa shape index (κ1) is 20.3. The molecule has 0 aliphatic heterocycles. The van der Waals surface area contributed by atoms with Crippen molar-refractivity contribution in [3.8, 4) is 11.1 Å². The van der Waals surface area contributed by atoms with Gasteiger partial charge in [-0.25, -0.2) is 9.78 Å². The van der Waals surface area contributed by atoms with Gasteiger partial charge in [0, 0.05) is 17.0 Å². The van der Waals surface area contributed by atoms with Gasteiger partial charge in [-0.05, 0) is 43.4 Å². The second-order valence-corrected chi connectivity index (χ2v) is 8.67. The fourth-order valence-corrected chi connectivity index (χ4v) is 4.72. The molecule has 4 rings (SSSR count). The number of amides is 3. The molecule has 8 heteroatoms. The lowest BCUT2D eigenvalue weighted by Gasteiger charge is -2.12. The van der Waals surface area contributed by atoms with Gasteiger partial charge >= 0.3 is 6.03 Å². The second kappa shape index (κ2) is 8.39. The van der Waals surface area contributed by atoms with Crippen LogP contribution in [0.15, 0.2) is 34.7 Å². The van der Waals surface area contributed by atoms with E-state index in [1.165, 1.54) is 27.8 Å². The van der Waals surface area contributed by atoms with E-state index in [9.17, 15) is 14.4 Å². The molecule has 0 saturated heterocycles. The topological polar surface area (TPSA) is 93.1 Å². The highest BCUT2D eigenvalue weighted by Crippen LogP contribution is 2.31. The third-order valence-electron chi connectivity index (χ3n) is 5.64. The van der Waals surface area contributed by atoms with E-state index in [0.717, 1.165) is 42.4 Å². The maximum Gasteiger partial charge on any atom is 0.321 e. The van der Waals surface area contributed by atoms with Crippen LogP contribution in [0.25, 0.3) is 21.3 Å². The number of hydrogen-bond acceptors (Lipinski definition) is 5. The van der Waals surface area contributed by atoms with Crippen LogP contribution in [0.2, 0.25) is 0 Å². The van der Waals surface area contributed by atoms with Crippen LogP contribution in [0.1, 0.15) is 36.8 Å². The first-order chi connectivity index (χ1) is 14.4. The predicted molar refractivity (Wildman–Crippen MR) is 118 cm³/mol. The molecule has 0 bridgehead atoms. The van der Waals surface area contributed by atoms with E-state index in [4.69, 9.17) is 0 Å². The summed E-state index contributed by atoms with van der Waals surface area (Å²) in [6, 6.07) is 5.67. The van der Waals surface area contributed by atoms with Gasteiger partial charge in [0.25, 0.3) is 5.56 Å². The Bertz CT molecular complexity index is 1170. The van der Waals surface area contributed by atoms with Crippen LogP contribution in [-0.2, 0) is 11.3 Å². The number of carbonyl (C=O) groups excluding carboxylic acids is 2. The van der Waals surface area contributed by atoms with Crippen LogP contribution in [0, 0.1) is 13.8 Å². The van der Waals surface area contributed by atoms with Crippen LogP contribution >= 0.6 is 11.3 Å². The summed E-state index contributed by atoms with van der Waals surface area (Å²) in [4.78, 5) is 42.4. The minimum Gasteiger partial charge on any atom is -0.335 e. The van der Waals surface area contributed by atoms with Crippen molar-refractivity contribution in [1.82, 2.24) is 20.2 Å². The molecule has 1 aromatic carbocycles. The Morgan fingerprint density at radius 2 is 1.97 bits per heavy atom. The Kier molecular flexibility index (Phi) is 5.67. The normalized spacial score (nSPS) is 14.2. The van der Waals surface area contributed by atoms with E-state index >= 15 is 0 Å². The zero-order valence-corrected chi connectivity index (χ0v) is 17.8. The highest BCUT2D eigenvalue weighted by atomic mass is 32.1. The molecule has 2 heterocycles. The summed E-state index contributed by atoms with van der Waals surface area (Å²) in [5.74, 6) is -0.545. The summed E-state index contributed by atoms with van der Waals surface area (Å²) in [7, 11) is 0. The fourth-order valence-electron chi connectivity index (χ4n) is 3.81. The van der Waals surface area contributed by atoms with E-state index in [1.54, 1.807) is 0 Å². The van der Waals surface area contributed by atoms with Gasteiger partial charge in [-0.1, -0.05) is 31.0 Å². The summed E-state index contributed by atoms with van der Waals surface area (Å²) in [6.45, 7) is 3.81. The molecule has 30 heavy (non-hydrogen) atoms. The summed E-state index contributed by atoms with van der Waals surface area (Å²) < 4.78 is 1.25. The third-order valence-corrected chi connectivity index (χ3v) is 6.52. The molecule has 1 fully saturated rings. The molecule has 1 saturated carbocycles. The van der Waals surface area contributed by atoms with Crippen molar-refractivity contribution in [3.63, 3.8) is 0 Å². The van der Waals surface area contributed by atoms with Crippen molar-refractivity contribution in [1.29, 1.82) is 0 Å². The maximum absolute atomic E-state index is 13.1. The van der Waals surface area contributed by atoms with E-state index in [1.807, 2.05) is 37.4 Å². The van der Waals surface area contributed by atoms with Gasteiger partial charge in [0.1, 0.15) is 11.4 Å². The summed E-state index contributed by atoms with van der Waals surface area (Å²) in [5.41, 5.74) is 3.79. The first-order valence-corrected chi connectivity index (χ1v) is 10.9. The lowest BCUT2D eigenvalue weighted by atomic mass is 10.0. The Morgan fingerprint density at radius 1 is 1.20 bits per heavy atom. The van der Waals surface area contributed by atoms with E-state index in [2.05, 4.69) is 15.6 Å². The van der Waals surface area contributed by atoms with Crippen molar-refractivity contribution in [3.05, 3.63) is 51.4 Å². The zero-order valence-electron chi connectivity index (χ0n) is 17.0. The van der Waals surface area contributed by atoms with Gasteiger partial charge in [0.2, 0.25) is 5.91 Å². The molecule has 0 atom stereocenters. The number of benzene rings is 1. The molecular formula is C22H24N4O3S. The van der Waals surface area contributed by atoms with Crippen LogP contribution in [0.5, 0.6) is 0 Å². The molecule has 1 aliphatic carbocycles. The number of hydrogen-bond donors (Lipinski definition) is 2. The van der Waals surface area contributed by atoms with Crippen molar-refractivity contribution in [2.24, 2.45) is 0 Å². The van der Waals surface area contributed by atoms with Crippen molar-refractivity contribution in [2.45, 2.75) is 52.1 Å². The van der Waals surface area contributed by atoms with Crippen molar-refractivity contribution in [2.75, 3.05) is 0 Å². The number of rotatable bonds is 4. The largest absolute Gasteiger partial charge is 0.335 e. The predicted octanol–water partition coefficient (Wildman–Crippen LogP) is 3.51. The monoisotopic (exact) mass is 424 g/mol. The molecule has 2 N–H and O–H groups in total. The van der Waals surface area contributed by atoms with E-state index in [-0.39, 0.29) is 18.1 Å². The number of aromatic nitrogens is 2. The van der Waals surface area contributed by atoms with Crippen LogP contribution < -0.4 is 16.2 Å². The third kappa shape index (κ3) is 4.14. The van der Waals surface area contributed by atoms with Crippen LogP contribution in [0.3, 0.4) is 0 Å². The Labute approximate surface area is 178 Å². The highest BCUT2D eigenvalue weighted by molar-refractivity contribution is 7.17.